The van der Waals surface area contributed by atoms with Crippen molar-refractivity contribution < 1.29 is 14.3 Å². The van der Waals surface area contributed by atoms with Crippen LogP contribution in [0.4, 0.5) is 5.69 Å². The molecule has 1 N–H and O–H groups in total. The van der Waals surface area contributed by atoms with E-state index in [0.717, 1.165) is 48.4 Å². The smallest absolute Gasteiger partial charge is 0.256 e. The Hall–Kier alpha value is -1.55. The Kier molecular flexibility index (Phi) is 8.26. The number of ether oxygens (including phenoxy) is 2. The molecule has 1 aromatic carbocycles. The van der Waals surface area contributed by atoms with Gasteiger partial charge in [0.25, 0.3) is 5.91 Å². The minimum absolute atomic E-state index is 0.0929. The summed E-state index contributed by atoms with van der Waals surface area (Å²) in [4.78, 5) is 12.7. The first-order chi connectivity index (χ1) is 11.4. The topological polar surface area (TPSA) is 47.6 Å². The third-order valence-corrected chi connectivity index (χ3v) is 4.13. The first-order valence-corrected chi connectivity index (χ1v) is 9.07. The number of anilines is 1. The summed E-state index contributed by atoms with van der Waals surface area (Å²) in [5.74, 6) is 0.826. The Bertz CT molecular complexity index is 511. The van der Waals surface area contributed by atoms with Crippen molar-refractivity contribution in [1.82, 2.24) is 0 Å². The van der Waals surface area contributed by atoms with Crippen LogP contribution >= 0.6 is 0 Å². The van der Waals surface area contributed by atoms with Gasteiger partial charge in [-0.2, -0.15) is 0 Å². The molecule has 0 aliphatic heterocycles. The lowest BCUT2D eigenvalue weighted by Crippen LogP contribution is -2.42. The summed E-state index contributed by atoms with van der Waals surface area (Å²) in [6.45, 7) is 13.2. The number of rotatable bonds is 10. The number of aryl methyl sites for hydroxylation is 2. The van der Waals surface area contributed by atoms with Crippen LogP contribution in [0.5, 0.6) is 5.75 Å². The van der Waals surface area contributed by atoms with Gasteiger partial charge in [0.1, 0.15) is 11.4 Å². The lowest BCUT2D eigenvalue weighted by molar-refractivity contribution is -0.139. The number of hydrogen-bond acceptors (Lipinski definition) is 3. The first-order valence-electron chi connectivity index (χ1n) is 9.07. The number of nitrogens with one attached hydrogen (secondary N) is 1. The number of amides is 1. The summed E-state index contributed by atoms with van der Waals surface area (Å²) < 4.78 is 11.6. The van der Waals surface area contributed by atoms with Gasteiger partial charge in [-0.25, -0.2) is 0 Å². The minimum Gasteiger partial charge on any atom is -0.493 e. The Morgan fingerprint density at radius 2 is 1.75 bits per heavy atom. The van der Waals surface area contributed by atoms with Gasteiger partial charge in [0.2, 0.25) is 0 Å². The molecule has 1 aromatic rings. The number of unbranched alkanes of at least 4 members (excludes halogenated alkanes) is 1. The van der Waals surface area contributed by atoms with Crippen molar-refractivity contribution in [3.05, 3.63) is 23.3 Å². The Morgan fingerprint density at radius 3 is 2.25 bits per heavy atom. The van der Waals surface area contributed by atoms with Crippen LogP contribution in [0.1, 0.15) is 64.5 Å². The molecule has 1 amide bonds. The second kappa shape index (κ2) is 9.67. The summed E-state index contributed by atoms with van der Waals surface area (Å²) in [5, 5.41) is 3.01. The third-order valence-electron chi connectivity index (χ3n) is 4.13. The van der Waals surface area contributed by atoms with Crippen LogP contribution in [0.2, 0.25) is 0 Å². The van der Waals surface area contributed by atoms with Crippen molar-refractivity contribution in [3.63, 3.8) is 0 Å². The summed E-state index contributed by atoms with van der Waals surface area (Å²) in [5.41, 5.74) is 2.08. The van der Waals surface area contributed by atoms with Gasteiger partial charge in [-0.05, 0) is 63.8 Å². The van der Waals surface area contributed by atoms with Crippen molar-refractivity contribution in [2.24, 2.45) is 0 Å². The number of carbonyl (C=O) groups excluding carboxylic acids is 1. The van der Waals surface area contributed by atoms with E-state index in [4.69, 9.17) is 9.47 Å². The fourth-order valence-electron chi connectivity index (χ4n) is 2.88. The van der Waals surface area contributed by atoms with Crippen molar-refractivity contribution in [3.8, 4) is 5.75 Å². The predicted octanol–water partition coefficient (Wildman–Crippen LogP) is 5.02. The van der Waals surface area contributed by atoms with Gasteiger partial charge < -0.3 is 14.8 Å². The summed E-state index contributed by atoms with van der Waals surface area (Å²) in [7, 11) is 0. The molecule has 0 spiro atoms. The van der Waals surface area contributed by atoms with E-state index in [2.05, 4.69) is 19.2 Å². The SMILES string of the molecule is CCCCOc1c(C)cc(NC(=O)[C@@](C)(CCC)OCC)cc1C. The van der Waals surface area contributed by atoms with Crippen LogP contribution in [0.25, 0.3) is 0 Å². The van der Waals surface area contributed by atoms with Gasteiger partial charge in [-0.15, -0.1) is 0 Å². The Labute approximate surface area is 146 Å². The molecule has 0 aliphatic rings. The Morgan fingerprint density at radius 1 is 1.12 bits per heavy atom. The van der Waals surface area contributed by atoms with Gasteiger partial charge in [-0.1, -0.05) is 26.7 Å². The molecule has 0 bridgehead atoms. The normalized spacial score (nSPS) is 13.4. The minimum atomic E-state index is -0.790. The number of carbonyl (C=O) groups is 1. The van der Waals surface area contributed by atoms with Crippen LogP contribution in [-0.4, -0.2) is 24.7 Å². The summed E-state index contributed by atoms with van der Waals surface area (Å²) in [6, 6.07) is 3.93. The monoisotopic (exact) mass is 335 g/mol. The largest absolute Gasteiger partial charge is 0.493 e. The van der Waals surface area contributed by atoms with Gasteiger partial charge in [0.05, 0.1) is 6.61 Å². The molecule has 0 aromatic heterocycles. The van der Waals surface area contributed by atoms with Gasteiger partial charge in [0, 0.05) is 12.3 Å². The van der Waals surface area contributed by atoms with Crippen molar-refractivity contribution in [2.45, 2.75) is 72.8 Å². The van der Waals surface area contributed by atoms with Crippen LogP contribution in [-0.2, 0) is 9.53 Å². The fourth-order valence-corrected chi connectivity index (χ4v) is 2.88. The molecule has 4 nitrogen and oxygen atoms in total. The van der Waals surface area contributed by atoms with E-state index < -0.39 is 5.60 Å². The molecule has 0 aliphatic carbocycles. The summed E-state index contributed by atoms with van der Waals surface area (Å²) in [6.07, 6.45) is 3.75. The van der Waals surface area contributed by atoms with Gasteiger partial charge in [-0.3, -0.25) is 4.79 Å². The van der Waals surface area contributed by atoms with Crippen molar-refractivity contribution in [2.75, 3.05) is 18.5 Å². The molecule has 0 unspecified atom stereocenters. The zero-order valence-corrected chi connectivity index (χ0v) is 16.1. The fraction of sp³-hybridized carbons (Fsp3) is 0.650. The van der Waals surface area contributed by atoms with E-state index in [1.807, 2.05) is 39.8 Å². The molecule has 0 heterocycles. The predicted molar refractivity (Wildman–Crippen MR) is 99.9 cm³/mol. The lowest BCUT2D eigenvalue weighted by atomic mass is 9.98. The highest BCUT2D eigenvalue weighted by molar-refractivity contribution is 5.97. The van der Waals surface area contributed by atoms with Crippen molar-refractivity contribution in [1.29, 1.82) is 0 Å². The van der Waals surface area contributed by atoms with Crippen LogP contribution in [0.3, 0.4) is 0 Å². The summed E-state index contributed by atoms with van der Waals surface area (Å²) >= 11 is 0. The molecule has 1 rings (SSSR count). The van der Waals surface area contributed by atoms with Gasteiger partial charge >= 0.3 is 0 Å². The Balaban J connectivity index is 2.89. The van der Waals surface area contributed by atoms with E-state index in [9.17, 15) is 4.79 Å². The lowest BCUT2D eigenvalue weighted by Gasteiger charge is -2.28. The molecule has 24 heavy (non-hydrogen) atoms. The van der Waals surface area contributed by atoms with Crippen LogP contribution < -0.4 is 10.1 Å². The zero-order valence-electron chi connectivity index (χ0n) is 16.1. The van der Waals surface area contributed by atoms with Crippen LogP contribution in [0.15, 0.2) is 12.1 Å². The average molecular weight is 335 g/mol. The van der Waals surface area contributed by atoms with E-state index in [0.29, 0.717) is 13.0 Å². The van der Waals surface area contributed by atoms with E-state index in [1.165, 1.54) is 0 Å². The molecule has 0 radical (unpaired) electrons. The van der Waals surface area contributed by atoms with Crippen molar-refractivity contribution >= 4 is 11.6 Å². The van der Waals surface area contributed by atoms with E-state index in [-0.39, 0.29) is 5.91 Å². The highest BCUT2D eigenvalue weighted by Gasteiger charge is 2.33. The zero-order chi connectivity index (χ0) is 18.2. The maximum Gasteiger partial charge on any atom is 0.256 e. The quantitative estimate of drug-likeness (QED) is 0.611. The average Bonchev–Trinajstić information content (AvgIpc) is 2.50. The highest BCUT2D eigenvalue weighted by Crippen LogP contribution is 2.28. The highest BCUT2D eigenvalue weighted by atomic mass is 16.5. The second-order valence-corrected chi connectivity index (χ2v) is 6.51. The molecule has 136 valence electrons. The molecule has 0 saturated heterocycles. The van der Waals surface area contributed by atoms with E-state index in [1.54, 1.807) is 0 Å². The standard InChI is InChI=1S/C20H33NO3/c1-7-10-12-23-18-15(4)13-17(14-16(18)5)21-19(22)20(6,11-8-2)24-9-3/h13-14H,7-12H2,1-6H3,(H,21,22)/t20-/m1/s1. The molecule has 1 atom stereocenters. The van der Waals surface area contributed by atoms with Gasteiger partial charge in [0.15, 0.2) is 0 Å². The van der Waals surface area contributed by atoms with Crippen LogP contribution in [0, 0.1) is 13.8 Å². The second-order valence-electron chi connectivity index (χ2n) is 6.51. The molecule has 0 saturated carbocycles. The molecular weight excluding hydrogens is 302 g/mol. The molecule has 0 fully saturated rings. The maximum atomic E-state index is 12.7. The first kappa shape index (κ1) is 20.5. The number of hydrogen-bond donors (Lipinski definition) is 1. The maximum absolute atomic E-state index is 12.7. The number of benzene rings is 1. The third kappa shape index (κ3) is 5.52. The molecular formula is C20H33NO3. The molecule has 4 heteroatoms. The van der Waals surface area contributed by atoms with E-state index >= 15 is 0 Å².